The van der Waals surface area contributed by atoms with Crippen LogP contribution in [0.4, 0.5) is 4.79 Å². The smallest absolute Gasteiger partial charge is 0.410 e. The molecule has 0 bridgehead atoms. The predicted octanol–water partition coefficient (Wildman–Crippen LogP) is 2.92. The quantitative estimate of drug-likeness (QED) is 0.834. The van der Waals surface area contributed by atoms with Crippen LogP contribution in [0.2, 0.25) is 0 Å². The molecule has 2 rings (SSSR count). The number of amides is 1. The molecule has 5 heteroatoms. The lowest BCUT2D eigenvalue weighted by molar-refractivity contribution is 0.0255. The summed E-state index contributed by atoms with van der Waals surface area (Å²) < 4.78 is 5.48. The highest BCUT2D eigenvalue weighted by atomic mass is 16.6. The molecule has 1 saturated heterocycles. The van der Waals surface area contributed by atoms with Gasteiger partial charge in [0, 0.05) is 37.7 Å². The SMILES string of the molecule is CC(C)(C)OC(=O)N1CCCC(NCC2(CO)CCCC2)CC1. The molecule has 5 nitrogen and oxygen atoms in total. The zero-order valence-corrected chi connectivity index (χ0v) is 15.1. The molecule has 2 N–H and O–H groups in total. The second-order valence-electron chi connectivity index (χ2n) is 8.34. The predicted molar refractivity (Wildman–Crippen MR) is 91.4 cm³/mol. The summed E-state index contributed by atoms with van der Waals surface area (Å²) in [5.74, 6) is 0. The van der Waals surface area contributed by atoms with Crippen molar-refractivity contribution in [2.45, 2.75) is 77.4 Å². The Kier molecular flexibility index (Phi) is 6.32. The number of hydrogen-bond donors (Lipinski definition) is 2. The number of carbonyl (C=O) groups excluding carboxylic acids is 1. The summed E-state index contributed by atoms with van der Waals surface area (Å²) in [6.07, 6.45) is 7.59. The Morgan fingerprint density at radius 3 is 2.52 bits per heavy atom. The van der Waals surface area contributed by atoms with Crippen LogP contribution in [0.15, 0.2) is 0 Å². The summed E-state index contributed by atoms with van der Waals surface area (Å²) in [6, 6.07) is 0.437. The first-order chi connectivity index (χ1) is 10.8. The van der Waals surface area contributed by atoms with E-state index in [9.17, 15) is 9.90 Å². The summed E-state index contributed by atoms with van der Waals surface area (Å²) >= 11 is 0. The van der Waals surface area contributed by atoms with E-state index in [2.05, 4.69) is 5.32 Å². The molecule has 0 aromatic carbocycles. The highest BCUT2D eigenvalue weighted by Crippen LogP contribution is 2.37. The molecule has 0 radical (unpaired) electrons. The molecule has 0 aromatic rings. The van der Waals surface area contributed by atoms with Crippen molar-refractivity contribution in [1.82, 2.24) is 10.2 Å². The highest BCUT2D eigenvalue weighted by molar-refractivity contribution is 5.68. The highest BCUT2D eigenvalue weighted by Gasteiger charge is 2.34. The van der Waals surface area contributed by atoms with Crippen LogP contribution in [0.1, 0.15) is 65.7 Å². The van der Waals surface area contributed by atoms with E-state index >= 15 is 0 Å². The fourth-order valence-corrected chi connectivity index (χ4v) is 3.69. The number of nitrogens with zero attached hydrogens (tertiary/aromatic N) is 1. The van der Waals surface area contributed by atoms with Crippen LogP contribution in [-0.4, -0.2) is 54.0 Å². The van der Waals surface area contributed by atoms with Gasteiger partial charge in [-0.2, -0.15) is 0 Å². The van der Waals surface area contributed by atoms with Gasteiger partial charge in [0.25, 0.3) is 0 Å². The largest absolute Gasteiger partial charge is 0.444 e. The van der Waals surface area contributed by atoms with Gasteiger partial charge in [-0.1, -0.05) is 12.8 Å². The van der Waals surface area contributed by atoms with Crippen LogP contribution < -0.4 is 5.32 Å². The second-order valence-corrected chi connectivity index (χ2v) is 8.34. The monoisotopic (exact) mass is 326 g/mol. The molecule has 1 heterocycles. The molecule has 1 unspecified atom stereocenters. The van der Waals surface area contributed by atoms with E-state index in [1.807, 2.05) is 25.7 Å². The minimum absolute atomic E-state index is 0.0944. The number of likely N-dealkylation sites (tertiary alicyclic amines) is 1. The van der Waals surface area contributed by atoms with Crippen LogP contribution >= 0.6 is 0 Å². The molecule has 1 saturated carbocycles. The Hall–Kier alpha value is -0.810. The Morgan fingerprint density at radius 1 is 1.22 bits per heavy atom. The number of ether oxygens (including phenoxy) is 1. The van der Waals surface area contributed by atoms with Crippen LogP contribution in [0.3, 0.4) is 0 Å². The van der Waals surface area contributed by atoms with Crippen molar-refractivity contribution in [3.8, 4) is 0 Å². The van der Waals surface area contributed by atoms with E-state index in [1.54, 1.807) is 0 Å². The molecule has 23 heavy (non-hydrogen) atoms. The third-order valence-corrected chi connectivity index (χ3v) is 5.15. The first-order valence-corrected chi connectivity index (χ1v) is 9.16. The van der Waals surface area contributed by atoms with Crippen LogP contribution in [0.25, 0.3) is 0 Å². The lowest BCUT2D eigenvalue weighted by Gasteiger charge is -2.29. The lowest BCUT2D eigenvalue weighted by Crippen LogP contribution is -2.41. The van der Waals surface area contributed by atoms with E-state index in [0.29, 0.717) is 6.04 Å². The van der Waals surface area contributed by atoms with Gasteiger partial charge in [0.05, 0.1) is 0 Å². The van der Waals surface area contributed by atoms with E-state index in [0.717, 1.165) is 51.7 Å². The Morgan fingerprint density at radius 2 is 1.91 bits per heavy atom. The molecule has 1 atom stereocenters. The summed E-state index contributed by atoms with van der Waals surface area (Å²) in [6.45, 7) is 8.43. The zero-order valence-electron chi connectivity index (χ0n) is 15.1. The molecule has 134 valence electrons. The molecule has 0 aromatic heterocycles. The summed E-state index contributed by atoms with van der Waals surface area (Å²) in [4.78, 5) is 14.0. The molecule has 2 fully saturated rings. The zero-order chi connectivity index (χ0) is 16.9. The Balaban J connectivity index is 1.78. The minimum Gasteiger partial charge on any atom is -0.444 e. The third kappa shape index (κ3) is 5.64. The minimum atomic E-state index is -0.434. The maximum Gasteiger partial charge on any atom is 0.410 e. The number of aliphatic hydroxyl groups is 1. The first kappa shape index (κ1) is 18.5. The maximum atomic E-state index is 12.2. The van der Waals surface area contributed by atoms with Gasteiger partial charge in [0.1, 0.15) is 5.60 Å². The van der Waals surface area contributed by atoms with Crippen LogP contribution in [0.5, 0.6) is 0 Å². The topological polar surface area (TPSA) is 61.8 Å². The Bertz CT molecular complexity index is 386. The molecule has 2 aliphatic rings. The van der Waals surface area contributed by atoms with Crippen molar-refractivity contribution in [2.24, 2.45) is 5.41 Å². The first-order valence-electron chi connectivity index (χ1n) is 9.16. The van der Waals surface area contributed by atoms with Gasteiger partial charge in [-0.3, -0.25) is 0 Å². The second kappa shape index (κ2) is 7.84. The van der Waals surface area contributed by atoms with E-state index in [-0.39, 0.29) is 18.1 Å². The molecule has 0 spiro atoms. The number of nitrogens with one attached hydrogen (secondary N) is 1. The van der Waals surface area contributed by atoms with Crippen molar-refractivity contribution < 1.29 is 14.6 Å². The summed E-state index contributed by atoms with van der Waals surface area (Å²) in [5, 5.41) is 13.4. The summed E-state index contributed by atoms with van der Waals surface area (Å²) in [7, 11) is 0. The van der Waals surface area contributed by atoms with Crippen LogP contribution in [-0.2, 0) is 4.74 Å². The average molecular weight is 326 g/mol. The van der Waals surface area contributed by atoms with Gasteiger partial charge in [0.15, 0.2) is 0 Å². The normalized spacial score (nSPS) is 25.2. The van der Waals surface area contributed by atoms with Gasteiger partial charge in [-0.25, -0.2) is 4.79 Å². The van der Waals surface area contributed by atoms with Gasteiger partial charge in [0.2, 0.25) is 0 Å². The van der Waals surface area contributed by atoms with E-state index in [4.69, 9.17) is 4.74 Å². The summed E-state index contributed by atoms with van der Waals surface area (Å²) in [5.41, 5.74) is -0.339. The van der Waals surface area contributed by atoms with Gasteiger partial charge in [-0.15, -0.1) is 0 Å². The fraction of sp³-hybridized carbons (Fsp3) is 0.944. The third-order valence-electron chi connectivity index (χ3n) is 5.15. The van der Waals surface area contributed by atoms with E-state index < -0.39 is 5.60 Å². The molecule has 1 aliphatic heterocycles. The van der Waals surface area contributed by atoms with Crippen molar-refractivity contribution in [3.63, 3.8) is 0 Å². The van der Waals surface area contributed by atoms with Crippen LogP contribution in [0, 0.1) is 5.41 Å². The maximum absolute atomic E-state index is 12.2. The lowest BCUT2D eigenvalue weighted by atomic mass is 9.87. The van der Waals surface area contributed by atoms with Crippen molar-refractivity contribution in [3.05, 3.63) is 0 Å². The van der Waals surface area contributed by atoms with Gasteiger partial charge >= 0.3 is 6.09 Å². The van der Waals surface area contributed by atoms with Crippen molar-refractivity contribution >= 4 is 6.09 Å². The molecular formula is C18H34N2O3. The van der Waals surface area contributed by atoms with Crippen molar-refractivity contribution in [1.29, 1.82) is 0 Å². The Labute approximate surface area is 140 Å². The van der Waals surface area contributed by atoms with Crippen molar-refractivity contribution in [2.75, 3.05) is 26.2 Å². The number of rotatable bonds is 4. The molecular weight excluding hydrogens is 292 g/mol. The molecule has 1 aliphatic carbocycles. The number of aliphatic hydroxyl groups excluding tert-OH is 1. The van der Waals surface area contributed by atoms with Gasteiger partial charge in [-0.05, 0) is 52.9 Å². The molecule has 1 amide bonds. The fourth-order valence-electron chi connectivity index (χ4n) is 3.69. The average Bonchev–Trinajstić information content (AvgIpc) is 2.81. The van der Waals surface area contributed by atoms with E-state index in [1.165, 1.54) is 12.8 Å². The number of carbonyl (C=O) groups is 1. The standard InChI is InChI=1S/C18H34N2O3/c1-17(2,3)23-16(22)20-11-6-7-15(8-12-20)19-13-18(14-21)9-4-5-10-18/h15,19,21H,4-14H2,1-3H3. The number of hydrogen-bond acceptors (Lipinski definition) is 4. The van der Waals surface area contributed by atoms with Gasteiger partial charge < -0.3 is 20.1 Å².